The lowest BCUT2D eigenvalue weighted by atomic mass is 9.83. The summed E-state index contributed by atoms with van der Waals surface area (Å²) in [6.45, 7) is 4.83. The Kier molecular flexibility index (Phi) is 4.53. The number of aliphatic hydroxyl groups is 1. The highest BCUT2D eigenvalue weighted by molar-refractivity contribution is 5.68. The molecule has 0 aromatic carbocycles. The van der Waals surface area contributed by atoms with E-state index < -0.39 is 36.0 Å². The van der Waals surface area contributed by atoms with Crippen molar-refractivity contribution in [2.24, 2.45) is 5.92 Å². The number of carbonyl (C=O) groups excluding carboxylic acids is 1. The van der Waals surface area contributed by atoms with E-state index in [0.717, 1.165) is 0 Å². The van der Waals surface area contributed by atoms with E-state index >= 15 is 0 Å². The van der Waals surface area contributed by atoms with E-state index in [1.165, 1.54) is 0 Å². The van der Waals surface area contributed by atoms with Crippen molar-refractivity contribution in [3.63, 3.8) is 0 Å². The largest absolute Gasteiger partial charge is 0.444 e. The molecular weight excluding hydrogens is 244 g/mol. The fraction of sp³-hybridized carbons (Fsp3) is 0.917. The number of ether oxygens (including phenoxy) is 1. The van der Waals surface area contributed by atoms with Crippen LogP contribution in [-0.2, 0) is 4.74 Å². The summed E-state index contributed by atoms with van der Waals surface area (Å²) >= 11 is 0. The number of halogens is 2. The minimum Gasteiger partial charge on any atom is -0.444 e. The minimum absolute atomic E-state index is 0.290. The Hall–Kier alpha value is -0.910. The topological polar surface area (TPSA) is 58.6 Å². The van der Waals surface area contributed by atoms with Gasteiger partial charge in [0.15, 0.2) is 0 Å². The van der Waals surface area contributed by atoms with E-state index in [2.05, 4.69) is 5.32 Å². The van der Waals surface area contributed by atoms with Crippen LogP contribution in [0.2, 0.25) is 0 Å². The van der Waals surface area contributed by atoms with Crippen LogP contribution in [-0.4, -0.2) is 35.4 Å². The van der Waals surface area contributed by atoms with Crippen LogP contribution in [0.1, 0.15) is 40.0 Å². The first-order valence-electron chi connectivity index (χ1n) is 6.09. The first kappa shape index (κ1) is 15.1. The van der Waals surface area contributed by atoms with Crippen molar-refractivity contribution in [2.45, 2.75) is 57.6 Å². The van der Waals surface area contributed by atoms with Gasteiger partial charge >= 0.3 is 6.09 Å². The molecule has 0 saturated heterocycles. The van der Waals surface area contributed by atoms with Crippen molar-refractivity contribution in [1.29, 1.82) is 0 Å². The van der Waals surface area contributed by atoms with Gasteiger partial charge in [-0.15, -0.1) is 0 Å². The monoisotopic (exact) mass is 265 g/mol. The number of hydrogen-bond donors (Lipinski definition) is 2. The average Bonchev–Trinajstić information content (AvgIpc) is 2.11. The quantitative estimate of drug-likeness (QED) is 0.805. The van der Waals surface area contributed by atoms with Gasteiger partial charge in [-0.25, -0.2) is 13.6 Å². The average molecular weight is 265 g/mol. The number of rotatable bonds is 2. The Bertz CT molecular complexity index is 302. The summed E-state index contributed by atoms with van der Waals surface area (Å²) in [5, 5.41) is 11.4. The Labute approximate surface area is 106 Å². The molecule has 2 unspecified atom stereocenters. The fourth-order valence-electron chi connectivity index (χ4n) is 2.16. The van der Waals surface area contributed by atoms with Gasteiger partial charge in [-0.3, -0.25) is 0 Å². The van der Waals surface area contributed by atoms with Crippen molar-refractivity contribution in [3.8, 4) is 0 Å². The summed E-state index contributed by atoms with van der Waals surface area (Å²) in [5.41, 5.74) is -0.655. The normalized spacial score (nSPS) is 27.7. The second-order valence-electron chi connectivity index (χ2n) is 5.89. The third-order valence-corrected chi connectivity index (χ3v) is 2.73. The number of alkyl carbamates (subject to hydrolysis) is 1. The van der Waals surface area contributed by atoms with Gasteiger partial charge < -0.3 is 15.2 Å². The Balaban J connectivity index is 2.53. The van der Waals surface area contributed by atoms with E-state index in [-0.39, 0.29) is 13.0 Å². The van der Waals surface area contributed by atoms with Crippen LogP contribution in [0.15, 0.2) is 0 Å². The number of amides is 1. The zero-order valence-electron chi connectivity index (χ0n) is 11.0. The van der Waals surface area contributed by atoms with Gasteiger partial charge in [0.2, 0.25) is 0 Å². The van der Waals surface area contributed by atoms with Crippen LogP contribution in [0.25, 0.3) is 0 Å². The van der Waals surface area contributed by atoms with E-state index in [1.54, 1.807) is 20.8 Å². The maximum atomic E-state index is 13.4. The second kappa shape index (κ2) is 5.38. The maximum absolute atomic E-state index is 13.4. The molecule has 2 atom stereocenters. The lowest BCUT2D eigenvalue weighted by molar-refractivity contribution is -0.0711. The highest BCUT2D eigenvalue weighted by atomic mass is 19.3. The highest BCUT2D eigenvalue weighted by Crippen LogP contribution is 2.36. The molecule has 0 aliphatic heterocycles. The first-order valence-corrected chi connectivity index (χ1v) is 6.09. The highest BCUT2D eigenvalue weighted by Gasteiger charge is 2.41. The van der Waals surface area contributed by atoms with Crippen LogP contribution < -0.4 is 5.32 Å². The molecule has 0 radical (unpaired) electrons. The summed E-state index contributed by atoms with van der Waals surface area (Å²) < 4.78 is 31.8. The van der Waals surface area contributed by atoms with Crippen molar-refractivity contribution in [3.05, 3.63) is 0 Å². The van der Waals surface area contributed by atoms with Gasteiger partial charge in [0.1, 0.15) is 5.60 Å². The summed E-state index contributed by atoms with van der Waals surface area (Å²) in [6, 6.07) is -0.652. The van der Waals surface area contributed by atoms with Gasteiger partial charge in [-0.05, 0) is 33.1 Å². The lowest BCUT2D eigenvalue weighted by Crippen LogP contribution is -2.47. The molecule has 1 aliphatic rings. The standard InChI is InChI=1S/C12H21F2NO3/c1-11(2,3)18-10(17)15-9-4-8(7-16)5-12(13,14)6-9/h8-9,16H,4-7H2,1-3H3,(H,15,17). The van der Waals surface area contributed by atoms with Gasteiger partial charge in [-0.1, -0.05) is 0 Å². The summed E-state index contributed by atoms with van der Waals surface area (Å²) in [7, 11) is 0. The molecule has 6 heteroatoms. The van der Waals surface area contributed by atoms with Crippen molar-refractivity contribution < 1.29 is 23.4 Å². The van der Waals surface area contributed by atoms with E-state index in [9.17, 15) is 13.6 Å². The molecule has 0 aromatic rings. The number of carbonyl (C=O) groups is 1. The fourth-order valence-corrected chi connectivity index (χ4v) is 2.16. The molecule has 0 bridgehead atoms. The molecule has 0 spiro atoms. The summed E-state index contributed by atoms with van der Waals surface area (Å²) in [4.78, 5) is 11.5. The smallest absolute Gasteiger partial charge is 0.407 e. The molecule has 1 fully saturated rings. The molecule has 106 valence electrons. The van der Waals surface area contributed by atoms with Crippen LogP contribution >= 0.6 is 0 Å². The summed E-state index contributed by atoms with van der Waals surface area (Å²) in [6.07, 6.45) is -1.06. The number of nitrogens with one attached hydrogen (secondary N) is 1. The molecule has 4 nitrogen and oxygen atoms in total. The number of alkyl halides is 2. The third-order valence-electron chi connectivity index (χ3n) is 2.73. The van der Waals surface area contributed by atoms with E-state index in [4.69, 9.17) is 9.84 Å². The predicted molar refractivity (Wildman–Crippen MR) is 62.5 cm³/mol. The van der Waals surface area contributed by atoms with Crippen LogP contribution in [0.3, 0.4) is 0 Å². The van der Waals surface area contributed by atoms with E-state index in [0.29, 0.717) is 6.42 Å². The van der Waals surface area contributed by atoms with E-state index in [1.807, 2.05) is 0 Å². The minimum atomic E-state index is -2.84. The predicted octanol–water partition coefficient (Wildman–Crippen LogP) is 2.31. The van der Waals surface area contributed by atoms with Gasteiger partial charge in [0.25, 0.3) is 5.92 Å². The van der Waals surface area contributed by atoms with Gasteiger partial charge in [0.05, 0.1) is 0 Å². The number of aliphatic hydroxyl groups excluding tert-OH is 1. The third kappa shape index (κ3) is 5.16. The molecule has 1 amide bonds. The molecule has 1 aliphatic carbocycles. The Morgan fingerprint density at radius 2 is 2.06 bits per heavy atom. The van der Waals surface area contributed by atoms with Crippen molar-refractivity contribution in [2.75, 3.05) is 6.61 Å². The molecule has 0 aromatic heterocycles. The Morgan fingerprint density at radius 3 is 2.56 bits per heavy atom. The van der Waals surface area contributed by atoms with Crippen molar-refractivity contribution >= 4 is 6.09 Å². The molecule has 1 saturated carbocycles. The lowest BCUT2D eigenvalue weighted by Gasteiger charge is -2.34. The van der Waals surface area contributed by atoms with Crippen LogP contribution in [0.4, 0.5) is 13.6 Å². The molecule has 2 N–H and O–H groups in total. The van der Waals surface area contributed by atoms with Crippen molar-refractivity contribution in [1.82, 2.24) is 5.32 Å². The summed E-state index contributed by atoms with van der Waals surface area (Å²) in [5.74, 6) is -3.32. The zero-order chi connectivity index (χ0) is 14.0. The zero-order valence-corrected chi connectivity index (χ0v) is 11.0. The van der Waals surface area contributed by atoms with Crippen LogP contribution in [0, 0.1) is 5.92 Å². The van der Waals surface area contributed by atoms with Crippen LogP contribution in [0.5, 0.6) is 0 Å². The molecule has 0 heterocycles. The molecular formula is C12H21F2NO3. The maximum Gasteiger partial charge on any atom is 0.407 e. The van der Waals surface area contributed by atoms with Gasteiger partial charge in [0, 0.05) is 25.5 Å². The Morgan fingerprint density at radius 1 is 1.44 bits per heavy atom. The van der Waals surface area contributed by atoms with Gasteiger partial charge in [-0.2, -0.15) is 0 Å². The molecule has 18 heavy (non-hydrogen) atoms. The molecule has 1 rings (SSSR count). The number of hydrogen-bond acceptors (Lipinski definition) is 3. The SMILES string of the molecule is CC(C)(C)OC(=O)NC1CC(CO)CC(F)(F)C1. The first-order chi connectivity index (χ1) is 8.11. The second-order valence-corrected chi connectivity index (χ2v) is 5.89.